The molecule has 1 rings (SSSR count). The van der Waals surface area contributed by atoms with Crippen LogP contribution in [-0.2, 0) is 14.8 Å². The number of rotatable bonds is 8. The van der Waals surface area contributed by atoms with Gasteiger partial charge in [-0.2, -0.15) is 0 Å². The molecular weight excluding hydrogens is 264 g/mol. The Morgan fingerprint density at radius 2 is 2.11 bits per heavy atom. The van der Waals surface area contributed by atoms with Crippen LogP contribution in [0, 0.1) is 0 Å². The van der Waals surface area contributed by atoms with E-state index in [-0.39, 0.29) is 0 Å². The predicted molar refractivity (Wildman–Crippen MR) is 77.8 cm³/mol. The van der Waals surface area contributed by atoms with E-state index in [4.69, 9.17) is 4.74 Å². The minimum atomic E-state index is -3.05. The summed E-state index contributed by atoms with van der Waals surface area (Å²) in [5, 5.41) is 3.52. The van der Waals surface area contributed by atoms with E-state index in [1.165, 1.54) is 10.6 Å². The third-order valence-electron chi connectivity index (χ3n) is 3.66. The first-order chi connectivity index (χ1) is 8.97. The maximum atomic E-state index is 11.4. The zero-order chi connectivity index (χ0) is 14.3. The van der Waals surface area contributed by atoms with Crippen LogP contribution < -0.4 is 5.32 Å². The molecule has 0 aliphatic carbocycles. The molecule has 0 saturated carbocycles. The van der Waals surface area contributed by atoms with E-state index < -0.39 is 10.0 Å². The lowest BCUT2D eigenvalue weighted by Crippen LogP contribution is -2.40. The molecule has 19 heavy (non-hydrogen) atoms. The third kappa shape index (κ3) is 6.21. The van der Waals surface area contributed by atoms with Crippen LogP contribution in [0.1, 0.15) is 39.5 Å². The number of nitrogens with one attached hydrogen (secondary N) is 1. The van der Waals surface area contributed by atoms with Crippen LogP contribution >= 0.6 is 0 Å². The normalized spacial score (nSPS) is 24.8. The maximum Gasteiger partial charge on any atom is 0.211 e. The molecule has 1 heterocycles. The van der Waals surface area contributed by atoms with Gasteiger partial charge in [0.15, 0.2) is 0 Å². The lowest BCUT2D eigenvalue weighted by Gasteiger charge is -2.29. The number of nitrogens with zero attached hydrogens (tertiary/aromatic N) is 1. The summed E-state index contributed by atoms with van der Waals surface area (Å²) in [5.41, 5.74) is 0. The first kappa shape index (κ1) is 16.9. The highest BCUT2D eigenvalue weighted by atomic mass is 32.2. The van der Waals surface area contributed by atoms with Gasteiger partial charge in [-0.3, -0.25) is 0 Å². The van der Waals surface area contributed by atoms with Crippen LogP contribution in [0.3, 0.4) is 0 Å². The second-order valence-corrected chi connectivity index (χ2v) is 7.17. The van der Waals surface area contributed by atoms with Crippen LogP contribution in [0.25, 0.3) is 0 Å². The van der Waals surface area contributed by atoms with E-state index in [0.29, 0.717) is 25.2 Å². The Hall–Kier alpha value is -0.170. The monoisotopic (exact) mass is 292 g/mol. The molecule has 0 bridgehead atoms. The van der Waals surface area contributed by atoms with E-state index >= 15 is 0 Å². The summed E-state index contributed by atoms with van der Waals surface area (Å²) < 4.78 is 30.0. The fourth-order valence-electron chi connectivity index (χ4n) is 2.47. The van der Waals surface area contributed by atoms with Gasteiger partial charge in [0.05, 0.1) is 12.4 Å². The molecule has 1 N–H and O–H groups in total. The molecule has 0 radical (unpaired) electrons. The summed E-state index contributed by atoms with van der Waals surface area (Å²) in [7, 11) is -3.05. The Bertz CT molecular complexity index is 346. The Morgan fingerprint density at radius 1 is 1.37 bits per heavy atom. The van der Waals surface area contributed by atoms with Gasteiger partial charge in [-0.25, -0.2) is 12.7 Å². The zero-order valence-electron chi connectivity index (χ0n) is 12.4. The van der Waals surface area contributed by atoms with Crippen molar-refractivity contribution in [3.8, 4) is 0 Å². The lowest BCUT2D eigenvalue weighted by molar-refractivity contribution is -0.00000868. The van der Waals surface area contributed by atoms with Crippen molar-refractivity contribution in [1.29, 1.82) is 0 Å². The van der Waals surface area contributed by atoms with Crippen molar-refractivity contribution in [1.82, 2.24) is 9.62 Å². The minimum Gasteiger partial charge on any atom is -0.378 e. The van der Waals surface area contributed by atoms with Crippen molar-refractivity contribution in [2.24, 2.45) is 0 Å². The van der Waals surface area contributed by atoms with Gasteiger partial charge in [0.2, 0.25) is 10.0 Å². The maximum absolute atomic E-state index is 11.4. The van der Waals surface area contributed by atoms with Crippen LogP contribution in [0.5, 0.6) is 0 Å². The average Bonchev–Trinajstić information content (AvgIpc) is 2.37. The quantitative estimate of drug-likeness (QED) is 0.683. The smallest absolute Gasteiger partial charge is 0.211 e. The zero-order valence-corrected chi connectivity index (χ0v) is 13.2. The molecule has 1 fully saturated rings. The second-order valence-electron chi connectivity index (χ2n) is 5.18. The van der Waals surface area contributed by atoms with Crippen LogP contribution in [0.4, 0.5) is 0 Å². The van der Waals surface area contributed by atoms with E-state index in [0.717, 1.165) is 38.8 Å². The molecule has 5 nitrogen and oxygen atoms in total. The fraction of sp³-hybridized carbons (Fsp3) is 1.00. The molecular formula is C13H28N2O3S. The largest absolute Gasteiger partial charge is 0.378 e. The Morgan fingerprint density at radius 3 is 2.68 bits per heavy atom. The molecule has 114 valence electrons. The molecule has 2 atom stereocenters. The Kier molecular flexibility index (Phi) is 7.28. The molecule has 1 aliphatic rings. The van der Waals surface area contributed by atoms with E-state index in [1.54, 1.807) is 0 Å². The minimum absolute atomic E-state index is 0.384. The van der Waals surface area contributed by atoms with E-state index in [9.17, 15) is 8.42 Å². The Balaban J connectivity index is 2.20. The van der Waals surface area contributed by atoms with E-state index in [1.807, 2.05) is 6.92 Å². The van der Waals surface area contributed by atoms with Gasteiger partial charge in [0.25, 0.3) is 0 Å². The highest BCUT2D eigenvalue weighted by molar-refractivity contribution is 7.88. The number of sulfonamides is 1. The van der Waals surface area contributed by atoms with Crippen molar-refractivity contribution in [2.45, 2.75) is 51.7 Å². The van der Waals surface area contributed by atoms with Crippen LogP contribution in [0.2, 0.25) is 0 Å². The van der Waals surface area contributed by atoms with Gasteiger partial charge in [-0.15, -0.1) is 0 Å². The summed E-state index contributed by atoms with van der Waals surface area (Å²) in [6, 6.07) is 0.520. The fourth-order valence-corrected chi connectivity index (χ4v) is 3.40. The molecule has 1 aliphatic heterocycles. The summed E-state index contributed by atoms with van der Waals surface area (Å²) >= 11 is 0. The topological polar surface area (TPSA) is 58.6 Å². The molecule has 1 saturated heterocycles. The average molecular weight is 292 g/mol. The van der Waals surface area contributed by atoms with Crippen LogP contribution in [-0.4, -0.2) is 57.4 Å². The predicted octanol–water partition coefficient (Wildman–Crippen LogP) is 1.21. The van der Waals surface area contributed by atoms with Crippen molar-refractivity contribution in [2.75, 3.05) is 32.5 Å². The van der Waals surface area contributed by atoms with Crippen LogP contribution in [0.15, 0.2) is 0 Å². The molecule has 0 amide bonds. The van der Waals surface area contributed by atoms with Gasteiger partial charge in [-0.05, 0) is 32.2 Å². The van der Waals surface area contributed by atoms with Crippen molar-refractivity contribution < 1.29 is 13.2 Å². The van der Waals surface area contributed by atoms with Crippen molar-refractivity contribution in [3.63, 3.8) is 0 Å². The molecule has 2 unspecified atom stereocenters. The van der Waals surface area contributed by atoms with Gasteiger partial charge in [-0.1, -0.05) is 13.8 Å². The van der Waals surface area contributed by atoms with Gasteiger partial charge >= 0.3 is 0 Å². The molecule has 0 aromatic carbocycles. The SMILES string of the molecule is CCC1CC(NCCCN(CC)S(C)(=O)=O)CCO1. The standard InChI is InChI=1S/C13H28N2O3S/c1-4-13-11-12(7-10-18-13)14-8-6-9-15(5-2)19(3,16)17/h12-14H,4-11H2,1-3H3. The van der Waals surface area contributed by atoms with E-state index in [2.05, 4.69) is 12.2 Å². The summed E-state index contributed by atoms with van der Waals surface area (Å²) in [6.45, 7) is 6.88. The number of ether oxygens (including phenoxy) is 1. The molecule has 0 aromatic heterocycles. The first-order valence-corrected chi connectivity index (χ1v) is 9.12. The highest BCUT2D eigenvalue weighted by Gasteiger charge is 2.20. The summed E-state index contributed by atoms with van der Waals surface area (Å²) in [6.07, 6.45) is 5.70. The third-order valence-corrected chi connectivity index (χ3v) is 5.04. The number of hydrogen-bond donors (Lipinski definition) is 1. The summed E-state index contributed by atoms with van der Waals surface area (Å²) in [4.78, 5) is 0. The molecule has 0 aromatic rings. The lowest BCUT2D eigenvalue weighted by atomic mass is 10.0. The van der Waals surface area contributed by atoms with Crippen molar-refractivity contribution >= 4 is 10.0 Å². The highest BCUT2D eigenvalue weighted by Crippen LogP contribution is 2.16. The van der Waals surface area contributed by atoms with Gasteiger partial charge in [0, 0.05) is 25.7 Å². The van der Waals surface area contributed by atoms with Crippen molar-refractivity contribution in [3.05, 3.63) is 0 Å². The molecule has 6 heteroatoms. The van der Waals surface area contributed by atoms with Gasteiger partial charge in [0.1, 0.15) is 0 Å². The first-order valence-electron chi connectivity index (χ1n) is 7.27. The molecule has 0 spiro atoms. The second kappa shape index (κ2) is 8.19. The Labute approximate surface area is 117 Å². The summed E-state index contributed by atoms with van der Waals surface area (Å²) in [5.74, 6) is 0. The number of hydrogen-bond acceptors (Lipinski definition) is 4. The van der Waals surface area contributed by atoms with Gasteiger partial charge < -0.3 is 10.1 Å².